The molecule has 0 N–H and O–H groups in total. The first kappa shape index (κ1) is 12.9. The van der Waals surface area contributed by atoms with Crippen LogP contribution in [0.15, 0.2) is 36.4 Å². The van der Waals surface area contributed by atoms with E-state index >= 15 is 0 Å². The van der Waals surface area contributed by atoms with Crippen LogP contribution in [-0.4, -0.2) is 26.3 Å². The van der Waals surface area contributed by atoms with Gasteiger partial charge in [0.1, 0.15) is 11.4 Å². The van der Waals surface area contributed by atoms with Gasteiger partial charge < -0.3 is 14.2 Å². The Labute approximate surface area is 117 Å². The van der Waals surface area contributed by atoms with Gasteiger partial charge in [0.05, 0.1) is 14.2 Å². The lowest BCUT2D eigenvalue weighted by Gasteiger charge is -2.09. The van der Waals surface area contributed by atoms with E-state index in [0.29, 0.717) is 0 Å². The summed E-state index contributed by atoms with van der Waals surface area (Å²) in [6, 6.07) is 11.9. The molecule has 104 valence electrons. The van der Waals surface area contributed by atoms with E-state index in [1.54, 1.807) is 7.11 Å². The summed E-state index contributed by atoms with van der Waals surface area (Å²) < 4.78 is 15.5. The van der Waals surface area contributed by atoms with Crippen LogP contribution in [0.25, 0.3) is 10.8 Å². The summed E-state index contributed by atoms with van der Waals surface area (Å²) in [5.74, 6) is 0.494. The number of hydrogen-bond acceptors (Lipinski definition) is 4. The second-order valence-electron chi connectivity index (χ2n) is 5.06. The number of fused-ring (bicyclic) bond motifs is 1. The zero-order valence-corrected chi connectivity index (χ0v) is 11.7. The van der Waals surface area contributed by atoms with Crippen molar-refractivity contribution in [3.05, 3.63) is 42.0 Å². The predicted molar refractivity (Wildman–Crippen MR) is 74.7 cm³/mol. The molecule has 20 heavy (non-hydrogen) atoms. The Morgan fingerprint density at radius 3 is 2.55 bits per heavy atom. The molecule has 2 aromatic rings. The van der Waals surface area contributed by atoms with Crippen LogP contribution in [0, 0.1) is 0 Å². The Balaban J connectivity index is 1.96. The molecule has 0 aliphatic carbocycles. The molecule has 0 spiro atoms. The second kappa shape index (κ2) is 4.49. The molecule has 4 heteroatoms. The highest BCUT2D eigenvalue weighted by atomic mass is 16.6. The number of benzene rings is 2. The van der Waals surface area contributed by atoms with E-state index in [1.807, 2.05) is 43.3 Å². The smallest absolute Gasteiger partial charge is 0.338 e. The van der Waals surface area contributed by atoms with Crippen molar-refractivity contribution >= 4 is 16.7 Å². The summed E-state index contributed by atoms with van der Waals surface area (Å²) in [5, 5.41) is 2.18. The Kier molecular flexibility index (Phi) is 2.91. The molecule has 1 saturated heterocycles. The summed E-state index contributed by atoms with van der Waals surface area (Å²) in [4.78, 5) is 11.5. The van der Waals surface area contributed by atoms with Crippen LogP contribution >= 0.6 is 0 Å². The van der Waals surface area contributed by atoms with Gasteiger partial charge in [-0.1, -0.05) is 18.2 Å². The molecule has 0 aromatic heterocycles. The van der Waals surface area contributed by atoms with Gasteiger partial charge in [-0.25, -0.2) is 4.79 Å². The molecular formula is C16H16O4. The fourth-order valence-electron chi connectivity index (χ4n) is 2.47. The number of hydrogen-bond donors (Lipinski definition) is 0. The zero-order chi connectivity index (χ0) is 14.3. The number of esters is 1. The highest BCUT2D eigenvalue weighted by molar-refractivity contribution is 5.86. The van der Waals surface area contributed by atoms with Crippen molar-refractivity contribution < 1.29 is 19.0 Å². The van der Waals surface area contributed by atoms with Crippen molar-refractivity contribution in [2.75, 3.05) is 14.2 Å². The maximum Gasteiger partial charge on any atom is 0.338 e. The fraction of sp³-hybridized carbons (Fsp3) is 0.312. The van der Waals surface area contributed by atoms with Crippen molar-refractivity contribution in [2.45, 2.75) is 18.6 Å². The van der Waals surface area contributed by atoms with Gasteiger partial charge in [0.25, 0.3) is 0 Å². The van der Waals surface area contributed by atoms with Crippen LogP contribution in [-0.2, 0) is 19.9 Å². The summed E-state index contributed by atoms with van der Waals surface area (Å²) >= 11 is 0. The van der Waals surface area contributed by atoms with Gasteiger partial charge in [-0.2, -0.15) is 0 Å². The minimum absolute atomic E-state index is 0.331. The first-order valence-corrected chi connectivity index (χ1v) is 6.42. The molecule has 0 radical (unpaired) electrons. The van der Waals surface area contributed by atoms with E-state index < -0.39 is 11.7 Å². The summed E-state index contributed by atoms with van der Waals surface area (Å²) in [5.41, 5.74) is 0.395. The topological polar surface area (TPSA) is 48.1 Å². The van der Waals surface area contributed by atoms with Crippen LogP contribution in [0.5, 0.6) is 5.75 Å². The standard InChI is InChI=1S/C16H16O4/c1-16(14(20-16)15(17)19-3)12-6-4-11-9-13(18-2)7-5-10(11)8-12/h4-9,14H,1-3H3/t14-,16-/m1/s1. The molecule has 4 nitrogen and oxygen atoms in total. The van der Waals surface area contributed by atoms with Crippen LogP contribution in [0.2, 0.25) is 0 Å². The molecule has 1 heterocycles. The van der Waals surface area contributed by atoms with E-state index in [0.717, 1.165) is 22.1 Å². The lowest BCUT2D eigenvalue weighted by Crippen LogP contribution is -2.17. The van der Waals surface area contributed by atoms with Crippen LogP contribution in [0.1, 0.15) is 12.5 Å². The summed E-state index contributed by atoms with van der Waals surface area (Å²) in [7, 11) is 3.02. The number of epoxide rings is 1. The normalized spacial score (nSPS) is 24.4. The summed E-state index contributed by atoms with van der Waals surface area (Å²) in [6.45, 7) is 1.90. The molecule has 0 amide bonds. The van der Waals surface area contributed by atoms with Crippen molar-refractivity contribution in [1.82, 2.24) is 0 Å². The van der Waals surface area contributed by atoms with Crippen LogP contribution < -0.4 is 4.74 Å². The maximum absolute atomic E-state index is 11.5. The molecule has 1 fully saturated rings. The van der Waals surface area contributed by atoms with Gasteiger partial charge >= 0.3 is 5.97 Å². The molecule has 2 atom stereocenters. The van der Waals surface area contributed by atoms with E-state index in [-0.39, 0.29) is 5.97 Å². The van der Waals surface area contributed by atoms with Gasteiger partial charge in [-0.15, -0.1) is 0 Å². The third-order valence-electron chi connectivity index (χ3n) is 3.84. The highest BCUT2D eigenvalue weighted by Gasteiger charge is 2.59. The second-order valence-corrected chi connectivity index (χ2v) is 5.06. The Morgan fingerprint density at radius 2 is 1.85 bits per heavy atom. The Hall–Kier alpha value is -2.07. The van der Waals surface area contributed by atoms with Gasteiger partial charge in [-0.3, -0.25) is 0 Å². The number of rotatable bonds is 3. The largest absolute Gasteiger partial charge is 0.497 e. The van der Waals surface area contributed by atoms with Crippen LogP contribution in [0.3, 0.4) is 0 Å². The molecule has 1 aliphatic heterocycles. The predicted octanol–water partition coefficient (Wildman–Crippen LogP) is 2.64. The van der Waals surface area contributed by atoms with Crippen LogP contribution in [0.4, 0.5) is 0 Å². The summed E-state index contributed by atoms with van der Waals surface area (Å²) in [6.07, 6.45) is -0.511. The minimum Gasteiger partial charge on any atom is -0.497 e. The monoisotopic (exact) mass is 272 g/mol. The highest BCUT2D eigenvalue weighted by Crippen LogP contribution is 2.47. The lowest BCUT2D eigenvalue weighted by atomic mass is 9.95. The quantitative estimate of drug-likeness (QED) is 0.636. The van der Waals surface area contributed by atoms with Crippen molar-refractivity contribution in [2.24, 2.45) is 0 Å². The van der Waals surface area contributed by atoms with Crippen molar-refractivity contribution in [3.63, 3.8) is 0 Å². The molecule has 0 bridgehead atoms. The fourth-order valence-corrected chi connectivity index (χ4v) is 2.47. The molecule has 3 rings (SSSR count). The number of methoxy groups -OCH3 is 2. The molecule has 2 aromatic carbocycles. The van der Waals surface area contributed by atoms with Crippen molar-refractivity contribution in [3.8, 4) is 5.75 Å². The molecule has 1 aliphatic rings. The van der Waals surface area contributed by atoms with E-state index in [9.17, 15) is 4.79 Å². The average molecular weight is 272 g/mol. The van der Waals surface area contributed by atoms with Gasteiger partial charge in [-0.05, 0) is 41.5 Å². The lowest BCUT2D eigenvalue weighted by molar-refractivity contribution is -0.142. The third-order valence-corrected chi connectivity index (χ3v) is 3.84. The first-order valence-electron chi connectivity index (χ1n) is 6.42. The Bertz CT molecular complexity index is 679. The number of ether oxygens (including phenoxy) is 3. The van der Waals surface area contributed by atoms with E-state index in [4.69, 9.17) is 14.2 Å². The molecule has 0 unspecified atom stereocenters. The first-order chi connectivity index (χ1) is 9.58. The van der Waals surface area contributed by atoms with E-state index in [2.05, 4.69) is 0 Å². The molecule has 0 saturated carbocycles. The number of carbonyl (C=O) groups excluding carboxylic acids is 1. The zero-order valence-electron chi connectivity index (χ0n) is 11.7. The molecular weight excluding hydrogens is 256 g/mol. The number of carbonyl (C=O) groups is 1. The third kappa shape index (κ3) is 1.93. The van der Waals surface area contributed by atoms with Gasteiger partial charge in [0.15, 0.2) is 6.10 Å². The van der Waals surface area contributed by atoms with Gasteiger partial charge in [0, 0.05) is 0 Å². The minimum atomic E-state index is -0.582. The van der Waals surface area contributed by atoms with Crippen molar-refractivity contribution in [1.29, 1.82) is 0 Å². The van der Waals surface area contributed by atoms with Gasteiger partial charge in [0.2, 0.25) is 0 Å². The Morgan fingerprint density at radius 1 is 1.15 bits per heavy atom. The maximum atomic E-state index is 11.5. The average Bonchev–Trinajstić information content (AvgIpc) is 3.18. The SMILES string of the molecule is COC(=O)[C@H]1O[C@]1(C)c1ccc2cc(OC)ccc2c1. The van der Waals surface area contributed by atoms with E-state index in [1.165, 1.54) is 7.11 Å².